The second-order valence-corrected chi connectivity index (χ2v) is 4.59. The van der Waals surface area contributed by atoms with Gasteiger partial charge in [-0.15, -0.1) is 0 Å². The molecule has 1 saturated carbocycles. The quantitative estimate of drug-likeness (QED) is 0.836. The van der Waals surface area contributed by atoms with Crippen LogP contribution in [0.1, 0.15) is 18.4 Å². The second kappa shape index (κ2) is 3.99. The Bertz CT molecular complexity index is 400. The smallest absolute Gasteiger partial charge is 0.394 e. The molecule has 3 N–H and O–H groups in total. The zero-order valence-electron chi connectivity index (χ0n) is 9.11. The molecule has 1 aromatic heterocycles. The minimum absolute atomic E-state index is 0.101. The summed E-state index contributed by atoms with van der Waals surface area (Å²) in [5.41, 5.74) is 4.30. The van der Waals surface area contributed by atoms with Crippen LogP contribution in [0.3, 0.4) is 0 Å². The first kappa shape index (κ1) is 12.4. The average molecular weight is 249 g/mol. The molecule has 17 heavy (non-hydrogen) atoms. The van der Waals surface area contributed by atoms with E-state index in [0.29, 0.717) is 0 Å². The van der Waals surface area contributed by atoms with E-state index in [2.05, 4.69) is 5.10 Å². The lowest BCUT2D eigenvalue weighted by atomic mass is 9.96. The van der Waals surface area contributed by atoms with Crippen molar-refractivity contribution in [2.75, 3.05) is 6.61 Å². The van der Waals surface area contributed by atoms with Crippen LogP contribution >= 0.6 is 0 Å². The van der Waals surface area contributed by atoms with Crippen LogP contribution in [0.15, 0.2) is 12.4 Å². The van der Waals surface area contributed by atoms with Crippen LogP contribution in [0.25, 0.3) is 0 Å². The van der Waals surface area contributed by atoms with Crippen LogP contribution < -0.4 is 5.73 Å². The van der Waals surface area contributed by atoms with Gasteiger partial charge in [0.05, 0.1) is 30.5 Å². The molecule has 1 aromatic rings. The van der Waals surface area contributed by atoms with Crippen molar-refractivity contribution in [3.63, 3.8) is 0 Å². The van der Waals surface area contributed by atoms with Gasteiger partial charge in [-0.05, 0) is 18.8 Å². The number of hydrogen-bond acceptors (Lipinski definition) is 3. The lowest BCUT2D eigenvalue weighted by Gasteiger charge is -2.26. The predicted molar refractivity (Wildman–Crippen MR) is 54.0 cm³/mol. The maximum atomic E-state index is 12.4. The highest BCUT2D eigenvalue weighted by molar-refractivity contribution is 5.09. The molecule has 0 bridgehead atoms. The molecular formula is C10H14F3N3O. The number of aliphatic hydroxyl groups excluding tert-OH is 1. The normalized spacial score (nSPS) is 20.3. The molecule has 4 nitrogen and oxygen atoms in total. The van der Waals surface area contributed by atoms with E-state index in [0.717, 1.165) is 29.9 Å². The van der Waals surface area contributed by atoms with Gasteiger partial charge in [-0.2, -0.15) is 18.3 Å². The van der Waals surface area contributed by atoms with E-state index in [9.17, 15) is 18.3 Å². The van der Waals surface area contributed by atoms with E-state index in [1.807, 2.05) is 0 Å². The highest BCUT2D eigenvalue weighted by Gasteiger charge is 2.42. The molecule has 0 aliphatic heterocycles. The summed E-state index contributed by atoms with van der Waals surface area (Å²) >= 11 is 0. The third kappa shape index (κ3) is 2.61. The summed E-state index contributed by atoms with van der Waals surface area (Å²) in [6.45, 7) is -0.150. The lowest BCUT2D eigenvalue weighted by molar-refractivity contribution is -0.137. The van der Waals surface area contributed by atoms with Crippen LogP contribution in [0.5, 0.6) is 0 Å². The maximum Gasteiger partial charge on any atom is 0.419 e. The van der Waals surface area contributed by atoms with Crippen molar-refractivity contribution < 1.29 is 18.3 Å². The fourth-order valence-corrected chi connectivity index (χ4v) is 1.86. The summed E-state index contributed by atoms with van der Waals surface area (Å²) in [4.78, 5) is 0. The Hall–Kier alpha value is -1.08. The Morgan fingerprint density at radius 3 is 2.53 bits per heavy atom. The van der Waals surface area contributed by atoms with E-state index in [1.54, 1.807) is 0 Å². The highest BCUT2D eigenvalue weighted by Crippen LogP contribution is 2.39. The number of halogens is 3. The third-order valence-corrected chi connectivity index (χ3v) is 3.10. The topological polar surface area (TPSA) is 64.1 Å². The number of rotatable bonds is 4. The standard InChI is InChI=1S/C10H14F3N3O/c11-10(12,13)8-3-15-16(4-8)5-9(14,6-17)7-1-2-7/h3-4,7,17H,1-2,5-6,14H2. The van der Waals surface area contributed by atoms with Crippen LogP contribution in [0.2, 0.25) is 0 Å². The summed E-state index contributed by atoms with van der Waals surface area (Å²) in [5.74, 6) is 0.172. The zero-order valence-corrected chi connectivity index (χ0v) is 9.11. The summed E-state index contributed by atoms with van der Waals surface area (Å²) in [5, 5.41) is 12.9. The van der Waals surface area contributed by atoms with E-state index < -0.39 is 17.3 Å². The fraction of sp³-hybridized carbons (Fsp3) is 0.700. The van der Waals surface area contributed by atoms with Gasteiger partial charge in [0.1, 0.15) is 0 Å². The van der Waals surface area contributed by atoms with Crippen molar-refractivity contribution in [1.82, 2.24) is 9.78 Å². The summed E-state index contributed by atoms with van der Waals surface area (Å²) < 4.78 is 38.2. The number of nitrogens with zero attached hydrogens (tertiary/aromatic N) is 2. The van der Waals surface area contributed by atoms with E-state index in [-0.39, 0.29) is 19.1 Å². The fourth-order valence-electron chi connectivity index (χ4n) is 1.86. The van der Waals surface area contributed by atoms with Gasteiger partial charge in [0.15, 0.2) is 0 Å². The van der Waals surface area contributed by atoms with Crippen molar-refractivity contribution in [3.8, 4) is 0 Å². The van der Waals surface area contributed by atoms with E-state index in [1.165, 1.54) is 0 Å². The van der Waals surface area contributed by atoms with Crippen molar-refractivity contribution in [1.29, 1.82) is 0 Å². The molecule has 96 valence electrons. The van der Waals surface area contributed by atoms with Gasteiger partial charge in [-0.25, -0.2) is 0 Å². The number of nitrogens with two attached hydrogens (primary N) is 1. The molecule has 0 saturated heterocycles. The minimum atomic E-state index is -4.39. The first-order valence-electron chi connectivity index (χ1n) is 5.34. The molecule has 0 aromatic carbocycles. The van der Waals surface area contributed by atoms with Crippen molar-refractivity contribution in [3.05, 3.63) is 18.0 Å². The Morgan fingerprint density at radius 1 is 1.47 bits per heavy atom. The largest absolute Gasteiger partial charge is 0.419 e. The SMILES string of the molecule is NC(CO)(Cn1cc(C(F)(F)F)cn1)C1CC1. The van der Waals surface area contributed by atoms with Crippen LogP contribution in [0, 0.1) is 5.92 Å². The Kier molecular flexibility index (Phi) is 2.90. The van der Waals surface area contributed by atoms with Gasteiger partial charge in [-0.1, -0.05) is 0 Å². The number of hydrogen-bond donors (Lipinski definition) is 2. The van der Waals surface area contributed by atoms with Crippen molar-refractivity contribution in [2.45, 2.75) is 31.1 Å². The summed E-state index contributed by atoms with van der Waals surface area (Å²) in [7, 11) is 0. The predicted octanol–water partition coefficient (Wildman–Crippen LogP) is 1.00. The van der Waals surface area contributed by atoms with Gasteiger partial charge < -0.3 is 10.8 Å². The van der Waals surface area contributed by atoms with Gasteiger partial charge in [-0.3, -0.25) is 4.68 Å². The number of aliphatic hydroxyl groups is 1. The number of alkyl halides is 3. The molecule has 7 heteroatoms. The van der Waals surface area contributed by atoms with E-state index >= 15 is 0 Å². The Balaban J connectivity index is 2.10. The van der Waals surface area contributed by atoms with Gasteiger partial charge in [0.2, 0.25) is 0 Å². The van der Waals surface area contributed by atoms with Crippen LogP contribution in [-0.2, 0) is 12.7 Å². The maximum absolute atomic E-state index is 12.4. The summed E-state index contributed by atoms with van der Waals surface area (Å²) in [6.07, 6.45) is -0.895. The Morgan fingerprint density at radius 2 is 2.12 bits per heavy atom. The molecule has 0 radical (unpaired) electrons. The monoisotopic (exact) mass is 249 g/mol. The second-order valence-electron chi connectivity index (χ2n) is 4.59. The molecule has 2 rings (SSSR count). The Labute approximate surface area is 96.2 Å². The molecule has 1 unspecified atom stereocenters. The molecule has 1 aliphatic rings. The van der Waals surface area contributed by atoms with Crippen molar-refractivity contribution >= 4 is 0 Å². The molecule has 1 heterocycles. The average Bonchev–Trinajstić information content (AvgIpc) is 2.99. The molecule has 0 spiro atoms. The molecular weight excluding hydrogens is 235 g/mol. The van der Waals surface area contributed by atoms with Gasteiger partial charge in [0.25, 0.3) is 0 Å². The molecule has 1 atom stereocenters. The number of aromatic nitrogens is 2. The van der Waals surface area contributed by atoms with Crippen LogP contribution in [-0.4, -0.2) is 27.0 Å². The first-order chi connectivity index (χ1) is 7.85. The van der Waals surface area contributed by atoms with Crippen LogP contribution in [0.4, 0.5) is 13.2 Å². The third-order valence-electron chi connectivity index (χ3n) is 3.10. The molecule has 1 aliphatic carbocycles. The van der Waals surface area contributed by atoms with E-state index in [4.69, 9.17) is 5.73 Å². The zero-order chi connectivity index (χ0) is 12.7. The first-order valence-corrected chi connectivity index (χ1v) is 5.34. The minimum Gasteiger partial charge on any atom is -0.394 e. The molecule has 0 amide bonds. The van der Waals surface area contributed by atoms with Gasteiger partial charge in [0, 0.05) is 6.20 Å². The van der Waals surface area contributed by atoms with Crippen molar-refractivity contribution in [2.24, 2.45) is 11.7 Å². The van der Waals surface area contributed by atoms with Gasteiger partial charge >= 0.3 is 6.18 Å². The molecule has 1 fully saturated rings. The lowest BCUT2D eigenvalue weighted by Crippen LogP contribution is -2.49. The summed E-state index contributed by atoms with van der Waals surface area (Å²) in [6, 6.07) is 0. The highest BCUT2D eigenvalue weighted by atomic mass is 19.4.